The quantitative estimate of drug-likeness (QED) is 0.862. The molecule has 0 saturated carbocycles. The minimum Gasteiger partial charge on any atom is -0.344 e. The van der Waals surface area contributed by atoms with Crippen molar-refractivity contribution in [3.8, 4) is 0 Å². The highest BCUT2D eigenvalue weighted by Crippen LogP contribution is 2.22. The van der Waals surface area contributed by atoms with Gasteiger partial charge in [-0.1, -0.05) is 13.0 Å². The largest absolute Gasteiger partial charge is 0.344 e. The van der Waals surface area contributed by atoms with Gasteiger partial charge in [-0.05, 0) is 30.0 Å². The maximum atomic E-state index is 13.4. The van der Waals surface area contributed by atoms with Crippen molar-refractivity contribution in [3.63, 3.8) is 0 Å². The lowest BCUT2D eigenvalue weighted by atomic mass is 10.1. The lowest BCUT2D eigenvalue weighted by Crippen LogP contribution is -2.28. The summed E-state index contributed by atoms with van der Waals surface area (Å²) < 4.78 is 13.4. The average molecular weight is 264 g/mol. The second-order valence-electron chi connectivity index (χ2n) is 3.79. The van der Waals surface area contributed by atoms with Gasteiger partial charge in [-0.3, -0.25) is 4.79 Å². The lowest BCUT2D eigenvalue weighted by molar-refractivity contribution is 0.0931. The van der Waals surface area contributed by atoms with Crippen LogP contribution in [0.3, 0.4) is 0 Å². The van der Waals surface area contributed by atoms with Gasteiger partial charge in [-0.25, -0.2) is 4.98 Å². The Morgan fingerprint density at radius 1 is 1.50 bits per heavy atom. The van der Waals surface area contributed by atoms with Gasteiger partial charge in [-0.15, -0.1) is 11.3 Å². The zero-order valence-corrected chi connectivity index (χ0v) is 10.7. The molecule has 0 bridgehead atoms. The number of carbonyl (C=O) groups excluding carboxylic acids is 1. The summed E-state index contributed by atoms with van der Waals surface area (Å²) in [5.74, 6) is -1.17. The highest BCUT2D eigenvalue weighted by atomic mass is 32.1. The third-order valence-corrected chi connectivity index (χ3v) is 3.59. The molecular weight excluding hydrogens is 251 g/mol. The number of hydrogen-bond acceptors (Lipinski definition) is 3. The van der Waals surface area contributed by atoms with Crippen LogP contribution in [-0.4, -0.2) is 10.9 Å². The molecule has 1 N–H and O–H groups in total. The van der Waals surface area contributed by atoms with Crippen molar-refractivity contribution in [3.05, 3.63) is 52.2 Å². The molecule has 94 valence electrons. The fourth-order valence-electron chi connectivity index (χ4n) is 1.66. The maximum Gasteiger partial charge on any atom is 0.256 e. The van der Waals surface area contributed by atoms with Crippen LogP contribution in [0.4, 0.5) is 4.39 Å². The van der Waals surface area contributed by atoms with Crippen LogP contribution in [0.1, 0.15) is 34.6 Å². The lowest BCUT2D eigenvalue weighted by Gasteiger charge is -2.15. The zero-order chi connectivity index (χ0) is 13.0. The third-order valence-electron chi connectivity index (χ3n) is 2.60. The summed E-state index contributed by atoms with van der Waals surface area (Å²) in [7, 11) is 0. The number of rotatable bonds is 4. The molecule has 0 radical (unpaired) electrons. The molecule has 18 heavy (non-hydrogen) atoms. The number of pyridine rings is 1. The van der Waals surface area contributed by atoms with Gasteiger partial charge in [-0.2, -0.15) is 4.39 Å². The van der Waals surface area contributed by atoms with E-state index in [1.54, 1.807) is 17.4 Å². The van der Waals surface area contributed by atoms with Crippen molar-refractivity contribution in [1.82, 2.24) is 10.3 Å². The molecule has 2 aromatic rings. The Balaban J connectivity index is 2.14. The van der Waals surface area contributed by atoms with Crippen LogP contribution in [0.2, 0.25) is 0 Å². The summed E-state index contributed by atoms with van der Waals surface area (Å²) in [5.41, 5.74) is -0.0208. The second kappa shape index (κ2) is 5.73. The summed E-state index contributed by atoms with van der Waals surface area (Å²) >= 11 is 1.57. The fraction of sp³-hybridized carbons (Fsp3) is 0.231. The normalized spacial score (nSPS) is 12.1. The molecule has 3 nitrogen and oxygen atoms in total. The SMILES string of the molecule is CCC(NC(=O)c1cccnc1F)c1cccs1. The van der Waals surface area contributed by atoms with Crippen LogP contribution in [0.15, 0.2) is 35.8 Å². The number of hydrogen-bond donors (Lipinski definition) is 1. The average Bonchev–Trinajstić information content (AvgIpc) is 2.90. The van der Waals surface area contributed by atoms with E-state index in [2.05, 4.69) is 10.3 Å². The minimum absolute atomic E-state index is 0.0208. The zero-order valence-electron chi connectivity index (χ0n) is 9.89. The first kappa shape index (κ1) is 12.7. The number of thiophene rings is 1. The van der Waals surface area contributed by atoms with Crippen LogP contribution in [0.5, 0.6) is 0 Å². The smallest absolute Gasteiger partial charge is 0.256 e. The molecule has 1 atom stereocenters. The van der Waals surface area contributed by atoms with E-state index < -0.39 is 11.9 Å². The number of carbonyl (C=O) groups is 1. The van der Waals surface area contributed by atoms with Gasteiger partial charge in [0, 0.05) is 11.1 Å². The Labute approximate surface area is 109 Å². The van der Waals surface area contributed by atoms with Gasteiger partial charge in [0.2, 0.25) is 5.95 Å². The second-order valence-corrected chi connectivity index (χ2v) is 4.77. The van der Waals surface area contributed by atoms with E-state index in [4.69, 9.17) is 0 Å². The Morgan fingerprint density at radius 3 is 2.94 bits per heavy atom. The van der Waals surface area contributed by atoms with E-state index in [-0.39, 0.29) is 11.6 Å². The molecule has 1 amide bonds. The molecule has 2 heterocycles. The Morgan fingerprint density at radius 2 is 2.33 bits per heavy atom. The summed E-state index contributed by atoms with van der Waals surface area (Å²) in [5, 5.41) is 4.77. The fourth-order valence-corrected chi connectivity index (χ4v) is 2.52. The van der Waals surface area contributed by atoms with E-state index in [9.17, 15) is 9.18 Å². The molecule has 0 aliphatic rings. The molecule has 0 aliphatic carbocycles. The molecule has 2 aromatic heterocycles. The maximum absolute atomic E-state index is 13.4. The highest BCUT2D eigenvalue weighted by molar-refractivity contribution is 7.10. The summed E-state index contributed by atoms with van der Waals surface area (Å²) in [6.45, 7) is 1.98. The first-order valence-electron chi connectivity index (χ1n) is 5.67. The number of nitrogens with zero attached hydrogens (tertiary/aromatic N) is 1. The van der Waals surface area contributed by atoms with Crippen molar-refractivity contribution >= 4 is 17.2 Å². The van der Waals surface area contributed by atoms with Crippen molar-refractivity contribution in [2.24, 2.45) is 0 Å². The predicted octanol–water partition coefficient (Wildman–Crippen LogP) is 3.16. The molecule has 0 saturated heterocycles. The molecule has 2 rings (SSSR count). The molecule has 0 aromatic carbocycles. The Bertz CT molecular complexity index is 528. The molecule has 1 unspecified atom stereocenters. The van der Waals surface area contributed by atoms with Crippen molar-refractivity contribution in [2.45, 2.75) is 19.4 Å². The van der Waals surface area contributed by atoms with Gasteiger partial charge in [0.25, 0.3) is 5.91 Å². The highest BCUT2D eigenvalue weighted by Gasteiger charge is 2.17. The minimum atomic E-state index is -0.740. The van der Waals surface area contributed by atoms with E-state index in [1.807, 2.05) is 24.4 Å². The standard InChI is InChI=1S/C13H13FN2OS/c1-2-10(11-6-4-8-18-11)16-13(17)9-5-3-7-15-12(9)14/h3-8,10H,2H2,1H3,(H,16,17). The van der Waals surface area contributed by atoms with Crippen LogP contribution in [-0.2, 0) is 0 Å². The third kappa shape index (κ3) is 2.73. The first-order chi connectivity index (χ1) is 8.72. The van der Waals surface area contributed by atoms with Gasteiger partial charge in [0.05, 0.1) is 11.6 Å². The van der Waals surface area contributed by atoms with Crippen molar-refractivity contribution in [2.75, 3.05) is 0 Å². The van der Waals surface area contributed by atoms with Gasteiger partial charge in [0.15, 0.2) is 0 Å². The summed E-state index contributed by atoms with van der Waals surface area (Å²) in [4.78, 5) is 16.5. The van der Waals surface area contributed by atoms with Crippen LogP contribution >= 0.6 is 11.3 Å². The van der Waals surface area contributed by atoms with Crippen molar-refractivity contribution < 1.29 is 9.18 Å². The summed E-state index contributed by atoms with van der Waals surface area (Å²) in [6, 6.07) is 6.78. The van der Waals surface area contributed by atoms with E-state index in [1.165, 1.54) is 12.3 Å². The van der Waals surface area contributed by atoms with Gasteiger partial charge < -0.3 is 5.32 Å². The molecule has 0 fully saturated rings. The van der Waals surface area contributed by atoms with Crippen molar-refractivity contribution in [1.29, 1.82) is 0 Å². The number of halogens is 1. The van der Waals surface area contributed by atoms with E-state index in [0.29, 0.717) is 0 Å². The van der Waals surface area contributed by atoms with E-state index in [0.717, 1.165) is 11.3 Å². The first-order valence-corrected chi connectivity index (χ1v) is 6.55. The van der Waals surface area contributed by atoms with Gasteiger partial charge in [0.1, 0.15) is 0 Å². The van der Waals surface area contributed by atoms with Crippen LogP contribution < -0.4 is 5.32 Å². The van der Waals surface area contributed by atoms with Crippen LogP contribution in [0.25, 0.3) is 0 Å². The molecular formula is C13H13FN2OS. The predicted molar refractivity (Wildman–Crippen MR) is 69.0 cm³/mol. The monoisotopic (exact) mass is 264 g/mol. The molecule has 0 spiro atoms. The summed E-state index contributed by atoms with van der Waals surface area (Å²) in [6.07, 6.45) is 2.08. The number of nitrogens with one attached hydrogen (secondary N) is 1. The van der Waals surface area contributed by atoms with Crippen LogP contribution in [0, 0.1) is 5.95 Å². The van der Waals surface area contributed by atoms with E-state index >= 15 is 0 Å². The Hall–Kier alpha value is -1.75. The topological polar surface area (TPSA) is 42.0 Å². The number of aromatic nitrogens is 1. The molecule has 0 aliphatic heterocycles. The Kier molecular flexibility index (Phi) is 4.04. The van der Waals surface area contributed by atoms with Gasteiger partial charge >= 0.3 is 0 Å². The number of amides is 1. The molecule has 5 heteroatoms.